The van der Waals surface area contributed by atoms with Gasteiger partial charge in [0.05, 0.1) is 4.90 Å². The van der Waals surface area contributed by atoms with E-state index >= 15 is 0 Å². The average Bonchev–Trinajstić information content (AvgIpc) is 2.74. The van der Waals surface area contributed by atoms with Gasteiger partial charge in [-0.3, -0.25) is 4.79 Å². The topological polar surface area (TPSA) is 110 Å². The number of nitrogens with one attached hydrogen (secondary N) is 2. The van der Waals surface area contributed by atoms with Gasteiger partial charge in [0, 0.05) is 18.1 Å². The van der Waals surface area contributed by atoms with Crippen LogP contribution < -0.4 is 14.8 Å². The number of carbonyl (C=O) groups is 1. The molecule has 0 saturated carbocycles. The van der Waals surface area contributed by atoms with E-state index in [1.165, 1.54) is 36.7 Å². The highest BCUT2D eigenvalue weighted by atomic mass is 32.2. The van der Waals surface area contributed by atoms with Crippen molar-refractivity contribution in [3.05, 3.63) is 72.6 Å². The molecule has 0 bridgehead atoms. The molecule has 0 aliphatic carbocycles. The van der Waals surface area contributed by atoms with Crippen LogP contribution in [-0.4, -0.2) is 30.4 Å². The zero-order valence-electron chi connectivity index (χ0n) is 16.6. The molecule has 0 spiro atoms. The van der Waals surface area contributed by atoms with Crippen molar-refractivity contribution in [2.45, 2.75) is 31.3 Å². The molecule has 30 heavy (non-hydrogen) atoms. The van der Waals surface area contributed by atoms with Crippen LogP contribution in [0, 0.1) is 6.92 Å². The molecule has 0 saturated heterocycles. The number of hydrogen-bond donors (Lipinski definition) is 2. The molecular weight excluding hydrogens is 404 g/mol. The minimum absolute atomic E-state index is 0.0194. The summed E-state index contributed by atoms with van der Waals surface area (Å²) in [5, 5.41) is 2.76. The monoisotopic (exact) mass is 426 g/mol. The van der Waals surface area contributed by atoms with Crippen LogP contribution in [0.4, 0.5) is 11.6 Å². The second-order valence-corrected chi connectivity index (χ2v) is 8.15. The number of aryl methyl sites for hydroxylation is 1. The highest BCUT2D eigenvalue weighted by molar-refractivity contribution is 7.92. The molecule has 156 valence electrons. The number of aromatic nitrogens is 2. The number of benzene rings is 2. The van der Waals surface area contributed by atoms with E-state index in [-0.39, 0.29) is 16.8 Å². The number of rotatable bonds is 8. The first-order chi connectivity index (χ1) is 14.4. The summed E-state index contributed by atoms with van der Waals surface area (Å²) in [6.07, 6.45) is 2.68. The Balaban J connectivity index is 1.67. The first kappa shape index (κ1) is 21.3. The molecule has 8 nitrogen and oxygen atoms in total. The maximum absolute atomic E-state index is 12.6. The molecule has 9 heteroatoms. The minimum Gasteiger partial charge on any atom is -0.480 e. The van der Waals surface area contributed by atoms with E-state index in [0.717, 1.165) is 5.56 Å². The lowest BCUT2D eigenvalue weighted by atomic mass is 10.2. The number of amides is 1. The molecule has 3 rings (SSSR count). The van der Waals surface area contributed by atoms with Gasteiger partial charge < -0.3 is 10.1 Å². The number of nitrogens with zero attached hydrogens (tertiary/aromatic N) is 2. The SMILES string of the molecule is CCC(Oc1ccccc1C)C(=O)Nc1ccc(S(=O)(=O)Nc2ncccn2)cc1. The number of anilines is 2. The van der Waals surface area contributed by atoms with E-state index in [2.05, 4.69) is 20.0 Å². The normalized spacial score (nSPS) is 12.1. The molecule has 0 aliphatic rings. The highest BCUT2D eigenvalue weighted by Crippen LogP contribution is 2.20. The third-order valence-electron chi connectivity index (χ3n) is 4.25. The number of hydrogen-bond acceptors (Lipinski definition) is 6. The second-order valence-electron chi connectivity index (χ2n) is 6.47. The van der Waals surface area contributed by atoms with Gasteiger partial charge in [0.15, 0.2) is 6.10 Å². The Labute approximate surface area is 175 Å². The second kappa shape index (κ2) is 9.36. The molecule has 0 radical (unpaired) electrons. The third-order valence-corrected chi connectivity index (χ3v) is 5.59. The Morgan fingerprint density at radius 3 is 2.33 bits per heavy atom. The summed E-state index contributed by atoms with van der Waals surface area (Å²) in [6.45, 7) is 3.77. The number of ether oxygens (including phenoxy) is 1. The summed E-state index contributed by atoms with van der Waals surface area (Å²) in [7, 11) is -3.84. The number of sulfonamides is 1. The van der Waals surface area contributed by atoms with Gasteiger partial charge in [-0.15, -0.1) is 0 Å². The van der Waals surface area contributed by atoms with Crippen molar-refractivity contribution in [1.29, 1.82) is 0 Å². The van der Waals surface area contributed by atoms with Gasteiger partial charge >= 0.3 is 0 Å². The van der Waals surface area contributed by atoms with Crippen molar-refractivity contribution < 1.29 is 17.9 Å². The Bertz CT molecular complexity index is 1100. The standard InChI is InChI=1S/C21H22N4O4S/c1-3-18(29-19-8-5-4-7-15(19)2)20(26)24-16-9-11-17(12-10-16)30(27,28)25-21-22-13-6-14-23-21/h4-14,18H,3H2,1-2H3,(H,24,26)(H,22,23,25). The fraction of sp³-hybridized carbons (Fsp3) is 0.190. The van der Waals surface area contributed by atoms with Gasteiger partial charge in [0.2, 0.25) is 5.95 Å². The van der Waals surface area contributed by atoms with Crippen molar-refractivity contribution in [3.8, 4) is 5.75 Å². The molecule has 0 aliphatic heterocycles. The zero-order chi connectivity index (χ0) is 21.6. The number of carbonyl (C=O) groups excluding carboxylic acids is 1. The van der Waals surface area contributed by atoms with Crippen LogP contribution in [0.25, 0.3) is 0 Å². The lowest BCUT2D eigenvalue weighted by Crippen LogP contribution is -2.32. The van der Waals surface area contributed by atoms with Crippen LogP contribution in [0.3, 0.4) is 0 Å². The maximum atomic E-state index is 12.6. The summed E-state index contributed by atoms with van der Waals surface area (Å²) in [6, 6.07) is 14.9. The van der Waals surface area contributed by atoms with Crippen molar-refractivity contribution in [3.63, 3.8) is 0 Å². The van der Waals surface area contributed by atoms with E-state index in [0.29, 0.717) is 17.9 Å². The van der Waals surface area contributed by atoms with Crippen LogP contribution in [0.5, 0.6) is 5.75 Å². The van der Waals surface area contributed by atoms with Crippen molar-refractivity contribution in [1.82, 2.24) is 9.97 Å². The van der Waals surface area contributed by atoms with E-state index in [1.54, 1.807) is 6.07 Å². The summed E-state index contributed by atoms with van der Waals surface area (Å²) in [5.41, 5.74) is 1.40. The predicted octanol–water partition coefficient (Wildman–Crippen LogP) is 3.38. The van der Waals surface area contributed by atoms with Gasteiger partial charge in [0.25, 0.3) is 15.9 Å². The van der Waals surface area contributed by atoms with Crippen molar-refractivity contribution in [2.75, 3.05) is 10.0 Å². The lowest BCUT2D eigenvalue weighted by molar-refractivity contribution is -0.122. The molecule has 1 aromatic heterocycles. The largest absolute Gasteiger partial charge is 0.480 e. The lowest BCUT2D eigenvalue weighted by Gasteiger charge is -2.18. The minimum atomic E-state index is -3.84. The summed E-state index contributed by atoms with van der Waals surface area (Å²) in [4.78, 5) is 20.3. The van der Waals surface area contributed by atoms with E-state index in [9.17, 15) is 13.2 Å². The van der Waals surface area contributed by atoms with Gasteiger partial charge in [-0.25, -0.2) is 23.1 Å². The molecule has 1 unspecified atom stereocenters. The first-order valence-electron chi connectivity index (χ1n) is 9.32. The summed E-state index contributed by atoms with van der Waals surface area (Å²) >= 11 is 0. The first-order valence-corrected chi connectivity index (χ1v) is 10.8. The van der Waals surface area contributed by atoms with E-state index in [1.807, 2.05) is 38.1 Å². The van der Waals surface area contributed by atoms with Crippen molar-refractivity contribution in [2.24, 2.45) is 0 Å². The highest BCUT2D eigenvalue weighted by Gasteiger charge is 2.20. The smallest absolute Gasteiger partial charge is 0.265 e. The van der Waals surface area contributed by atoms with Crippen LogP contribution in [0.1, 0.15) is 18.9 Å². The van der Waals surface area contributed by atoms with E-state index in [4.69, 9.17) is 4.74 Å². The predicted molar refractivity (Wildman–Crippen MR) is 114 cm³/mol. The quantitative estimate of drug-likeness (QED) is 0.571. The molecule has 2 N–H and O–H groups in total. The zero-order valence-corrected chi connectivity index (χ0v) is 17.4. The van der Waals surface area contributed by atoms with Crippen molar-refractivity contribution >= 4 is 27.6 Å². The summed E-state index contributed by atoms with van der Waals surface area (Å²) in [5.74, 6) is 0.316. The molecule has 3 aromatic rings. The van der Waals surface area contributed by atoms with Crippen LogP contribution in [0.2, 0.25) is 0 Å². The van der Waals surface area contributed by atoms with Gasteiger partial charge in [-0.1, -0.05) is 25.1 Å². The number of para-hydroxylation sites is 1. The molecule has 1 atom stereocenters. The average molecular weight is 426 g/mol. The maximum Gasteiger partial charge on any atom is 0.265 e. The Morgan fingerprint density at radius 2 is 1.70 bits per heavy atom. The van der Waals surface area contributed by atoms with Crippen LogP contribution in [0.15, 0.2) is 71.9 Å². The molecule has 0 fully saturated rings. The molecule has 1 amide bonds. The third kappa shape index (κ3) is 5.32. The van der Waals surface area contributed by atoms with Crippen LogP contribution >= 0.6 is 0 Å². The van der Waals surface area contributed by atoms with Gasteiger partial charge in [-0.2, -0.15) is 0 Å². The molecular formula is C21H22N4O4S. The van der Waals surface area contributed by atoms with Gasteiger partial charge in [0.1, 0.15) is 5.75 Å². The Kier molecular flexibility index (Phi) is 6.63. The fourth-order valence-electron chi connectivity index (χ4n) is 2.64. The molecule has 2 aromatic carbocycles. The van der Waals surface area contributed by atoms with Gasteiger partial charge in [-0.05, 0) is 55.3 Å². The fourth-order valence-corrected chi connectivity index (χ4v) is 3.59. The molecule has 1 heterocycles. The summed E-state index contributed by atoms with van der Waals surface area (Å²) < 4.78 is 33.0. The van der Waals surface area contributed by atoms with E-state index < -0.39 is 16.1 Å². The Morgan fingerprint density at radius 1 is 1.03 bits per heavy atom. The Hall–Kier alpha value is -3.46. The van der Waals surface area contributed by atoms with Crippen LogP contribution in [-0.2, 0) is 14.8 Å².